The van der Waals surface area contributed by atoms with E-state index in [1.54, 1.807) is 0 Å². The SMILES string of the molecule is Cc1ccc(Oc2ccc(NC(=O)c3ccc(C(C)C)nc3C)cc2)cc1. The van der Waals surface area contributed by atoms with Crippen molar-refractivity contribution in [1.29, 1.82) is 0 Å². The fourth-order valence-electron chi connectivity index (χ4n) is 2.69. The molecule has 138 valence electrons. The van der Waals surface area contributed by atoms with Crippen LogP contribution in [-0.4, -0.2) is 10.9 Å². The summed E-state index contributed by atoms with van der Waals surface area (Å²) in [5.74, 6) is 1.67. The molecule has 0 aliphatic heterocycles. The minimum Gasteiger partial charge on any atom is -0.457 e. The number of amides is 1. The summed E-state index contributed by atoms with van der Waals surface area (Å²) in [6.45, 7) is 8.07. The van der Waals surface area contributed by atoms with Crippen LogP contribution >= 0.6 is 0 Å². The van der Waals surface area contributed by atoms with Gasteiger partial charge in [0.15, 0.2) is 0 Å². The number of ether oxygens (including phenoxy) is 1. The van der Waals surface area contributed by atoms with Gasteiger partial charge >= 0.3 is 0 Å². The highest BCUT2D eigenvalue weighted by Gasteiger charge is 2.12. The molecule has 27 heavy (non-hydrogen) atoms. The first-order chi connectivity index (χ1) is 12.9. The Labute approximate surface area is 160 Å². The van der Waals surface area contributed by atoms with Crippen molar-refractivity contribution in [2.75, 3.05) is 5.32 Å². The van der Waals surface area contributed by atoms with Crippen LogP contribution in [0.5, 0.6) is 11.5 Å². The van der Waals surface area contributed by atoms with Gasteiger partial charge in [-0.05, 0) is 68.3 Å². The average Bonchev–Trinajstić information content (AvgIpc) is 2.65. The molecule has 0 unspecified atom stereocenters. The maximum absolute atomic E-state index is 12.5. The van der Waals surface area contributed by atoms with Gasteiger partial charge in [-0.2, -0.15) is 0 Å². The first kappa shape index (κ1) is 18.6. The van der Waals surface area contributed by atoms with E-state index in [-0.39, 0.29) is 5.91 Å². The Morgan fingerprint density at radius 3 is 2.04 bits per heavy atom. The van der Waals surface area contributed by atoms with Crippen LogP contribution in [0.2, 0.25) is 0 Å². The van der Waals surface area contributed by atoms with Crippen molar-refractivity contribution in [3.05, 3.63) is 83.2 Å². The number of pyridine rings is 1. The third-order valence-electron chi connectivity index (χ3n) is 4.31. The van der Waals surface area contributed by atoms with Crippen molar-refractivity contribution in [2.45, 2.75) is 33.6 Å². The van der Waals surface area contributed by atoms with Crippen molar-refractivity contribution in [3.8, 4) is 11.5 Å². The Kier molecular flexibility index (Phi) is 5.55. The Hall–Kier alpha value is -3.14. The zero-order valence-corrected chi connectivity index (χ0v) is 16.1. The third kappa shape index (κ3) is 4.73. The predicted molar refractivity (Wildman–Crippen MR) is 109 cm³/mol. The van der Waals surface area contributed by atoms with Crippen molar-refractivity contribution < 1.29 is 9.53 Å². The van der Waals surface area contributed by atoms with Gasteiger partial charge in [0, 0.05) is 11.4 Å². The molecule has 0 saturated heterocycles. The maximum Gasteiger partial charge on any atom is 0.257 e. The van der Waals surface area contributed by atoms with Gasteiger partial charge in [0.1, 0.15) is 11.5 Å². The molecule has 0 radical (unpaired) electrons. The molecule has 3 rings (SSSR count). The number of nitrogens with zero attached hydrogens (tertiary/aromatic N) is 1. The number of carbonyl (C=O) groups excluding carboxylic acids is 1. The summed E-state index contributed by atoms with van der Waals surface area (Å²) in [7, 11) is 0. The van der Waals surface area contributed by atoms with E-state index in [0.717, 1.165) is 22.9 Å². The molecule has 4 heteroatoms. The van der Waals surface area contributed by atoms with E-state index in [4.69, 9.17) is 4.74 Å². The quantitative estimate of drug-likeness (QED) is 0.619. The van der Waals surface area contributed by atoms with E-state index < -0.39 is 0 Å². The smallest absolute Gasteiger partial charge is 0.257 e. The monoisotopic (exact) mass is 360 g/mol. The lowest BCUT2D eigenvalue weighted by atomic mass is 10.1. The van der Waals surface area contributed by atoms with Gasteiger partial charge in [-0.1, -0.05) is 31.5 Å². The first-order valence-corrected chi connectivity index (χ1v) is 9.06. The van der Waals surface area contributed by atoms with Crippen LogP contribution in [0, 0.1) is 13.8 Å². The summed E-state index contributed by atoms with van der Waals surface area (Å²) >= 11 is 0. The van der Waals surface area contributed by atoms with Crippen LogP contribution in [0.1, 0.15) is 47.1 Å². The van der Waals surface area contributed by atoms with Gasteiger partial charge in [0.05, 0.1) is 11.3 Å². The molecule has 0 saturated carbocycles. The number of carbonyl (C=O) groups is 1. The number of hydrogen-bond donors (Lipinski definition) is 1. The normalized spacial score (nSPS) is 10.7. The minimum absolute atomic E-state index is 0.164. The van der Waals surface area contributed by atoms with Crippen LogP contribution in [0.25, 0.3) is 0 Å². The van der Waals surface area contributed by atoms with Crippen molar-refractivity contribution in [2.24, 2.45) is 0 Å². The molecule has 0 aliphatic rings. The molecular weight excluding hydrogens is 336 g/mol. The molecule has 0 spiro atoms. The second-order valence-electron chi connectivity index (χ2n) is 6.92. The van der Waals surface area contributed by atoms with Crippen LogP contribution < -0.4 is 10.1 Å². The fourth-order valence-corrected chi connectivity index (χ4v) is 2.69. The Morgan fingerprint density at radius 1 is 0.889 bits per heavy atom. The highest BCUT2D eigenvalue weighted by atomic mass is 16.5. The van der Waals surface area contributed by atoms with Crippen LogP contribution in [0.3, 0.4) is 0 Å². The van der Waals surface area contributed by atoms with Gasteiger partial charge in [0.2, 0.25) is 0 Å². The molecule has 0 aliphatic carbocycles. The van der Waals surface area contributed by atoms with E-state index in [1.807, 2.05) is 74.5 Å². The molecule has 1 amide bonds. The highest BCUT2D eigenvalue weighted by Crippen LogP contribution is 2.24. The van der Waals surface area contributed by atoms with E-state index in [9.17, 15) is 4.79 Å². The van der Waals surface area contributed by atoms with Crippen molar-refractivity contribution in [1.82, 2.24) is 4.98 Å². The summed E-state index contributed by atoms with van der Waals surface area (Å²) < 4.78 is 5.81. The zero-order valence-electron chi connectivity index (χ0n) is 16.1. The van der Waals surface area contributed by atoms with Crippen LogP contribution in [-0.2, 0) is 0 Å². The Morgan fingerprint density at radius 2 is 1.48 bits per heavy atom. The molecule has 1 aromatic heterocycles. The van der Waals surface area contributed by atoms with Crippen molar-refractivity contribution in [3.63, 3.8) is 0 Å². The van der Waals surface area contributed by atoms with Gasteiger partial charge in [-0.15, -0.1) is 0 Å². The van der Waals surface area contributed by atoms with E-state index >= 15 is 0 Å². The van der Waals surface area contributed by atoms with Gasteiger partial charge in [-0.25, -0.2) is 0 Å². The number of nitrogens with one attached hydrogen (secondary N) is 1. The van der Waals surface area contributed by atoms with Crippen LogP contribution in [0.4, 0.5) is 5.69 Å². The van der Waals surface area contributed by atoms with Gasteiger partial charge in [-0.3, -0.25) is 9.78 Å². The third-order valence-corrected chi connectivity index (χ3v) is 4.31. The van der Waals surface area contributed by atoms with Crippen molar-refractivity contribution >= 4 is 11.6 Å². The average molecular weight is 360 g/mol. The number of aryl methyl sites for hydroxylation is 2. The largest absolute Gasteiger partial charge is 0.457 e. The molecule has 0 atom stereocenters. The number of anilines is 1. The minimum atomic E-state index is -0.164. The topological polar surface area (TPSA) is 51.2 Å². The number of aromatic nitrogens is 1. The molecule has 1 heterocycles. The molecular formula is C23H24N2O2. The summed E-state index contributed by atoms with van der Waals surface area (Å²) in [4.78, 5) is 17.1. The van der Waals surface area contributed by atoms with Crippen LogP contribution in [0.15, 0.2) is 60.7 Å². The summed E-state index contributed by atoms with van der Waals surface area (Å²) in [6.07, 6.45) is 0. The van der Waals surface area contributed by atoms with Gasteiger partial charge in [0.25, 0.3) is 5.91 Å². The maximum atomic E-state index is 12.5. The van der Waals surface area contributed by atoms with E-state index in [1.165, 1.54) is 5.56 Å². The van der Waals surface area contributed by atoms with E-state index in [2.05, 4.69) is 24.1 Å². The van der Waals surface area contributed by atoms with E-state index in [0.29, 0.717) is 17.2 Å². The lowest BCUT2D eigenvalue weighted by Gasteiger charge is -2.11. The summed E-state index contributed by atoms with van der Waals surface area (Å²) in [6, 6.07) is 18.9. The highest BCUT2D eigenvalue weighted by molar-refractivity contribution is 6.05. The Balaban J connectivity index is 1.67. The molecule has 2 aromatic carbocycles. The van der Waals surface area contributed by atoms with Gasteiger partial charge < -0.3 is 10.1 Å². The second-order valence-corrected chi connectivity index (χ2v) is 6.92. The standard InChI is InChI=1S/C23H24N2O2/c1-15(2)22-14-13-21(17(4)24-22)23(26)25-18-7-11-20(12-8-18)27-19-9-5-16(3)6-10-19/h5-15H,1-4H3,(H,25,26). The molecule has 0 fully saturated rings. The molecule has 1 N–H and O–H groups in total. The first-order valence-electron chi connectivity index (χ1n) is 9.06. The lowest BCUT2D eigenvalue weighted by Crippen LogP contribution is -2.14. The summed E-state index contributed by atoms with van der Waals surface area (Å²) in [5.41, 5.74) is 4.20. The number of hydrogen-bond acceptors (Lipinski definition) is 3. The fraction of sp³-hybridized carbons (Fsp3) is 0.217. The molecule has 4 nitrogen and oxygen atoms in total. The number of benzene rings is 2. The second kappa shape index (κ2) is 8.04. The molecule has 0 bridgehead atoms. The summed E-state index contributed by atoms with van der Waals surface area (Å²) in [5, 5.41) is 2.91. The predicted octanol–water partition coefficient (Wildman–Crippen LogP) is 5.87. The Bertz CT molecular complexity index is 930. The number of rotatable bonds is 5. The molecule has 3 aromatic rings. The lowest BCUT2D eigenvalue weighted by molar-refractivity contribution is 0.102. The zero-order chi connectivity index (χ0) is 19.4.